The molecule has 3 rings (SSSR count). The van der Waals surface area contributed by atoms with Gasteiger partial charge in [0, 0.05) is 25.7 Å². The van der Waals surface area contributed by atoms with Crippen LogP contribution >= 0.6 is 0 Å². The van der Waals surface area contributed by atoms with Crippen LogP contribution in [0.3, 0.4) is 0 Å². The molecule has 2 unspecified atom stereocenters. The van der Waals surface area contributed by atoms with E-state index in [1.54, 1.807) is 0 Å². The summed E-state index contributed by atoms with van der Waals surface area (Å²) in [6.45, 7) is 4.78. The molecule has 0 spiro atoms. The van der Waals surface area contributed by atoms with Crippen LogP contribution in [0.5, 0.6) is 0 Å². The van der Waals surface area contributed by atoms with Crippen molar-refractivity contribution < 1.29 is 4.79 Å². The Morgan fingerprint density at radius 3 is 2.68 bits per heavy atom. The zero-order chi connectivity index (χ0) is 17.6. The third kappa shape index (κ3) is 4.60. The molecule has 25 heavy (non-hydrogen) atoms. The Balaban J connectivity index is 1.52. The summed E-state index contributed by atoms with van der Waals surface area (Å²) in [5, 5.41) is 0. The van der Waals surface area contributed by atoms with Crippen LogP contribution in [0.4, 0.5) is 0 Å². The lowest BCUT2D eigenvalue weighted by Gasteiger charge is -2.37. The summed E-state index contributed by atoms with van der Waals surface area (Å²) in [6.07, 6.45) is 4.98. The molecule has 0 bridgehead atoms. The van der Waals surface area contributed by atoms with E-state index < -0.39 is 0 Å². The fourth-order valence-corrected chi connectivity index (χ4v) is 4.32. The Morgan fingerprint density at radius 1 is 1.28 bits per heavy atom. The Labute approximate surface area is 151 Å². The summed E-state index contributed by atoms with van der Waals surface area (Å²) in [4.78, 5) is 14.4. The second kappa shape index (κ2) is 8.79. The molecular formula is C20H32N4O. The van der Waals surface area contributed by atoms with Crippen LogP contribution in [-0.4, -0.2) is 42.5 Å². The van der Waals surface area contributed by atoms with Gasteiger partial charge in [0.2, 0.25) is 5.91 Å². The Bertz CT molecular complexity index is 542. The number of benzene rings is 1. The Kier molecular flexibility index (Phi) is 6.45. The fraction of sp³-hybridized carbons (Fsp3) is 0.650. The second-order valence-corrected chi connectivity index (χ2v) is 7.56. The van der Waals surface area contributed by atoms with E-state index in [-0.39, 0.29) is 11.9 Å². The molecule has 3 atom stereocenters. The van der Waals surface area contributed by atoms with Gasteiger partial charge in [0.25, 0.3) is 0 Å². The van der Waals surface area contributed by atoms with Crippen molar-refractivity contribution in [3.8, 4) is 0 Å². The highest BCUT2D eigenvalue weighted by Crippen LogP contribution is 2.28. The standard InChI is InChI=1S/C20H32N4O/c1-2-6-18(21)20(25)24-11-9-16(10-12-24)19-17(14-22-23-19)13-15-7-4-3-5-8-15/h3-5,7-8,16-19,22-23H,2,6,9-14,21H2,1H3/t17?,18-,19?/m0/s1. The summed E-state index contributed by atoms with van der Waals surface area (Å²) in [7, 11) is 0. The van der Waals surface area contributed by atoms with Gasteiger partial charge < -0.3 is 10.6 Å². The molecule has 0 radical (unpaired) electrons. The van der Waals surface area contributed by atoms with Crippen molar-refractivity contribution in [2.75, 3.05) is 19.6 Å². The molecule has 0 saturated carbocycles. The number of carbonyl (C=O) groups excluding carboxylic acids is 1. The average molecular weight is 345 g/mol. The Morgan fingerprint density at radius 2 is 2.00 bits per heavy atom. The number of likely N-dealkylation sites (tertiary alicyclic amines) is 1. The number of piperidine rings is 1. The first-order valence-electron chi connectivity index (χ1n) is 9.75. The lowest BCUT2D eigenvalue weighted by Crippen LogP contribution is -2.50. The van der Waals surface area contributed by atoms with Crippen molar-refractivity contribution in [2.45, 2.75) is 51.1 Å². The smallest absolute Gasteiger partial charge is 0.239 e. The molecule has 1 amide bonds. The van der Waals surface area contributed by atoms with E-state index in [4.69, 9.17) is 5.73 Å². The number of nitrogens with two attached hydrogens (primary N) is 1. The van der Waals surface area contributed by atoms with Gasteiger partial charge in [0.05, 0.1) is 6.04 Å². The number of hydrogen-bond donors (Lipinski definition) is 3. The first kappa shape index (κ1) is 18.4. The first-order valence-corrected chi connectivity index (χ1v) is 9.75. The molecule has 1 aromatic rings. The molecule has 1 aromatic carbocycles. The molecule has 138 valence electrons. The van der Waals surface area contributed by atoms with Crippen molar-refractivity contribution in [1.82, 2.24) is 15.8 Å². The second-order valence-electron chi connectivity index (χ2n) is 7.56. The average Bonchev–Trinajstić information content (AvgIpc) is 3.10. The number of nitrogens with zero attached hydrogens (tertiary/aromatic N) is 1. The molecule has 2 aliphatic rings. The molecule has 4 N–H and O–H groups in total. The van der Waals surface area contributed by atoms with Gasteiger partial charge in [0.15, 0.2) is 0 Å². The van der Waals surface area contributed by atoms with Crippen molar-refractivity contribution >= 4 is 5.91 Å². The fourth-order valence-electron chi connectivity index (χ4n) is 4.32. The maximum Gasteiger partial charge on any atom is 0.239 e. The predicted molar refractivity (Wildman–Crippen MR) is 101 cm³/mol. The van der Waals surface area contributed by atoms with Gasteiger partial charge in [0.1, 0.15) is 0 Å². The highest BCUT2D eigenvalue weighted by Gasteiger charge is 2.36. The lowest BCUT2D eigenvalue weighted by molar-refractivity contribution is -0.134. The van der Waals surface area contributed by atoms with E-state index in [9.17, 15) is 4.79 Å². The molecule has 5 nitrogen and oxygen atoms in total. The molecule has 2 saturated heterocycles. The van der Waals surface area contributed by atoms with E-state index >= 15 is 0 Å². The van der Waals surface area contributed by atoms with Gasteiger partial charge >= 0.3 is 0 Å². The number of hydrazine groups is 1. The molecule has 2 fully saturated rings. The zero-order valence-corrected chi connectivity index (χ0v) is 15.3. The number of amides is 1. The maximum atomic E-state index is 12.4. The van der Waals surface area contributed by atoms with E-state index in [0.717, 1.165) is 51.7 Å². The summed E-state index contributed by atoms with van der Waals surface area (Å²) in [5.41, 5.74) is 14.3. The SMILES string of the molecule is CCC[C@H](N)C(=O)N1CCC(C2NNCC2Cc2ccccc2)CC1. The summed E-state index contributed by atoms with van der Waals surface area (Å²) in [6, 6.07) is 10.9. The minimum Gasteiger partial charge on any atom is -0.341 e. The van der Waals surface area contributed by atoms with Crippen LogP contribution in [-0.2, 0) is 11.2 Å². The van der Waals surface area contributed by atoms with E-state index in [1.165, 1.54) is 5.56 Å². The monoisotopic (exact) mass is 344 g/mol. The van der Waals surface area contributed by atoms with Gasteiger partial charge in [-0.3, -0.25) is 15.6 Å². The summed E-state index contributed by atoms with van der Waals surface area (Å²) < 4.78 is 0. The van der Waals surface area contributed by atoms with Gasteiger partial charge in [-0.2, -0.15) is 0 Å². The van der Waals surface area contributed by atoms with Crippen LogP contribution in [0.1, 0.15) is 38.2 Å². The van der Waals surface area contributed by atoms with E-state index in [1.807, 2.05) is 4.90 Å². The normalized spacial score (nSPS) is 25.9. The molecular weight excluding hydrogens is 312 g/mol. The molecule has 0 aliphatic carbocycles. The highest BCUT2D eigenvalue weighted by molar-refractivity contribution is 5.81. The van der Waals surface area contributed by atoms with Gasteiger partial charge in [-0.1, -0.05) is 43.7 Å². The molecule has 2 aliphatic heterocycles. The minimum absolute atomic E-state index is 0.138. The van der Waals surface area contributed by atoms with Crippen molar-refractivity contribution in [1.29, 1.82) is 0 Å². The molecule has 0 aromatic heterocycles. The number of carbonyl (C=O) groups is 1. The largest absolute Gasteiger partial charge is 0.341 e. The summed E-state index contributed by atoms with van der Waals surface area (Å²) in [5.74, 6) is 1.37. The third-order valence-electron chi connectivity index (χ3n) is 5.76. The van der Waals surface area contributed by atoms with Crippen LogP contribution < -0.4 is 16.6 Å². The number of hydrogen-bond acceptors (Lipinski definition) is 4. The molecule has 5 heteroatoms. The minimum atomic E-state index is -0.321. The third-order valence-corrected chi connectivity index (χ3v) is 5.76. The van der Waals surface area contributed by atoms with Crippen molar-refractivity contribution in [2.24, 2.45) is 17.6 Å². The van der Waals surface area contributed by atoms with Crippen LogP contribution in [0, 0.1) is 11.8 Å². The quantitative estimate of drug-likeness (QED) is 0.734. The topological polar surface area (TPSA) is 70.4 Å². The van der Waals surface area contributed by atoms with Crippen LogP contribution in [0.15, 0.2) is 30.3 Å². The first-order chi connectivity index (χ1) is 12.2. The van der Waals surface area contributed by atoms with Crippen LogP contribution in [0.25, 0.3) is 0 Å². The number of nitrogens with one attached hydrogen (secondary N) is 2. The van der Waals surface area contributed by atoms with Gasteiger partial charge in [-0.25, -0.2) is 0 Å². The maximum absolute atomic E-state index is 12.4. The summed E-state index contributed by atoms with van der Waals surface area (Å²) >= 11 is 0. The van der Waals surface area contributed by atoms with Crippen molar-refractivity contribution in [3.63, 3.8) is 0 Å². The van der Waals surface area contributed by atoms with Gasteiger partial charge in [-0.05, 0) is 43.1 Å². The number of rotatable bonds is 6. The predicted octanol–water partition coefficient (Wildman–Crippen LogP) is 1.69. The van der Waals surface area contributed by atoms with E-state index in [0.29, 0.717) is 17.9 Å². The zero-order valence-electron chi connectivity index (χ0n) is 15.3. The van der Waals surface area contributed by atoms with E-state index in [2.05, 4.69) is 48.1 Å². The van der Waals surface area contributed by atoms with Crippen LogP contribution in [0.2, 0.25) is 0 Å². The van der Waals surface area contributed by atoms with Gasteiger partial charge in [-0.15, -0.1) is 0 Å². The highest BCUT2D eigenvalue weighted by atomic mass is 16.2. The molecule has 2 heterocycles. The lowest BCUT2D eigenvalue weighted by atomic mass is 9.81. The Hall–Kier alpha value is -1.43. The van der Waals surface area contributed by atoms with Crippen molar-refractivity contribution in [3.05, 3.63) is 35.9 Å².